The number of aliphatic hydroxyl groups is 1. The van der Waals surface area contributed by atoms with Crippen LogP contribution in [-0.2, 0) is 4.79 Å². The minimum atomic E-state index is -0.514. The molecule has 1 unspecified atom stereocenters. The van der Waals surface area contributed by atoms with Crippen LogP contribution in [0, 0.1) is 0 Å². The summed E-state index contributed by atoms with van der Waals surface area (Å²) in [6.45, 7) is 10.4. The first kappa shape index (κ1) is 24.5. The summed E-state index contributed by atoms with van der Waals surface area (Å²) in [5.74, 6) is 1.17. The topological polar surface area (TPSA) is 72.8 Å². The van der Waals surface area contributed by atoms with Crippen molar-refractivity contribution in [3.63, 3.8) is 0 Å². The van der Waals surface area contributed by atoms with E-state index in [4.69, 9.17) is 11.6 Å². The van der Waals surface area contributed by atoms with E-state index in [0.717, 1.165) is 55.1 Å². The second-order valence-electron chi connectivity index (χ2n) is 10.5. The summed E-state index contributed by atoms with van der Waals surface area (Å²) < 4.78 is 0. The Bertz CT molecular complexity index is 1050. The Morgan fingerprint density at radius 3 is 2.49 bits per heavy atom. The average Bonchev–Trinajstić information content (AvgIpc) is 3.45. The van der Waals surface area contributed by atoms with Crippen molar-refractivity contribution in [2.45, 2.75) is 70.1 Å². The van der Waals surface area contributed by atoms with E-state index in [-0.39, 0.29) is 23.8 Å². The molecule has 1 aliphatic carbocycles. The monoisotopic (exact) mass is 497 g/mol. The van der Waals surface area contributed by atoms with Crippen molar-refractivity contribution >= 4 is 23.3 Å². The molecular weight excluding hydrogens is 462 g/mol. The number of carbonyl (C=O) groups excluding carboxylic acids is 1. The lowest BCUT2D eigenvalue weighted by Gasteiger charge is -2.40. The third-order valence-electron chi connectivity index (χ3n) is 8.06. The van der Waals surface area contributed by atoms with Gasteiger partial charge in [-0.05, 0) is 63.3 Å². The Morgan fingerprint density at radius 2 is 1.80 bits per heavy atom. The number of halogens is 1. The molecule has 4 atom stereocenters. The predicted octanol–water partition coefficient (Wildman–Crippen LogP) is 3.98. The number of fused-ring (bicyclic) bond motifs is 1. The average molecular weight is 498 g/mol. The van der Waals surface area contributed by atoms with E-state index in [0.29, 0.717) is 30.6 Å². The third kappa shape index (κ3) is 4.66. The number of piperazine rings is 1. The van der Waals surface area contributed by atoms with E-state index in [2.05, 4.69) is 40.5 Å². The van der Waals surface area contributed by atoms with Gasteiger partial charge in [-0.15, -0.1) is 0 Å². The highest BCUT2D eigenvalue weighted by Gasteiger charge is 2.41. The van der Waals surface area contributed by atoms with Gasteiger partial charge in [-0.25, -0.2) is 9.97 Å². The van der Waals surface area contributed by atoms with Crippen LogP contribution >= 0.6 is 11.6 Å². The molecule has 2 fully saturated rings. The molecule has 1 N–H and O–H groups in total. The molecule has 3 heterocycles. The summed E-state index contributed by atoms with van der Waals surface area (Å²) >= 11 is 6.18. The highest BCUT2D eigenvalue weighted by molar-refractivity contribution is 6.30. The van der Waals surface area contributed by atoms with Crippen molar-refractivity contribution < 1.29 is 9.90 Å². The first-order valence-corrected chi connectivity index (χ1v) is 13.3. The van der Waals surface area contributed by atoms with Crippen LogP contribution in [0.5, 0.6) is 0 Å². The minimum Gasteiger partial charge on any atom is -0.387 e. The summed E-state index contributed by atoms with van der Waals surface area (Å²) in [6, 6.07) is 8.45. The predicted molar refractivity (Wildman–Crippen MR) is 138 cm³/mol. The first-order chi connectivity index (χ1) is 16.8. The number of nitrogens with zero attached hydrogens (tertiary/aromatic N) is 5. The van der Waals surface area contributed by atoms with E-state index in [1.807, 2.05) is 29.2 Å². The van der Waals surface area contributed by atoms with E-state index >= 15 is 0 Å². The van der Waals surface area contributed by atoms with Gasteiger partial charge in [0.15, 0.2) is 0 Å². The summed E-state index contributed by atoms with van der Waals surface area (Å²) in [5.41, 5.74) is 2.88. The molecule has 2 aromatic rings. The Balaban J connectivity index is 1.35. The number of anilines is 1. The van der Waals surface area contributed by atoms with Crippen LogP contribution in [0.1, 0.15) is 74.8 Å². The highest BCUT2D eigenvalue weighted by Crippen LogP contribution is 2.43. The fourth-order valence-electron chi connectivity index (χ4n) is 6.30. The summed E-state index contributed by atoms with van der Waals surface area (Å²) in [7, 11) is 0. The van der Waals surface area contributed by atoms with E-state index in [9.17, 15) is 9.90 Å². The van der Waals surface area contributed by atoms with Gasteiger partial charge in [0.05, 0.1) is 17.7 Å². The van der Waals surface area contributed by atoms with Crippen LogP contribution in [0.25, 0.3) is 0 Å². The number of aliphatic hydroxyl groups excluding tert-OH is 1. The zero-order valence-electron chi connectivity index (χ0n) is 20.9. The lowest BCUT2D eigenvalue weighted by Crippen LogP contribution is -2.53. The van der Waals surface area contributed by atoms with Crippen molar-refractivity contribution in [1.82, 2.24) is 19.8 Å². The van der Waals surface area contributed by atoms with Gasteiger partial charge in [-0.1, -0.05) is 30.7 Å². The van der Waals surface area contributed by atoms with Gasteiger partial charge < -0.3 is 14.9 Å². The number of rotatable bonds is 5. The molecule has 2 saturated heterocycles. The van der Waals surface area contributed by atoms with Crippen molar-refractivity contribution in [3.8, 4) is 0 Å². The molecule has 8 heteroatoms. The Kier molecular flexibility index (Phi) is 7.02. The van der Waals surface area contributed by atoms with Gasteiger partial charge in [0, 0.05) is 48.8 Å². The zero-order valence-corrected chi connectivity index (χ0v) is 21.7. The van der Waals surface area contributed by atoms with Gasteiger partial charge in [-0.2, -0.15) is 0 Å². The fourth-order valence-corrected chi connectivity index (χ4v) is 6.43. The Labute approximate surface area is 213 Å². The van der Waals surface area contributed by atoms with Crippen LogP contribution in [0.2, 0.25) is 5.02 Å². The second kappa shape index (κ2) is 10.0. The number of aromatic nitrogens is 2. The zero-order chi connectivity index (χ0) is 24.7. The Morgan fingerprint density at radius 1 is 1.09 bits per heavy atom. The SMILES string of the molecule is CC1C[C@@H](O)c2ncnc(N3CCN(C(=O)[C@@H](c4ccc(Cl)cc4)[C@@H]4CCCN4C(C)C)CC3)c21. The van der Waals surface area contributed by atoms with Gasteiger partial charge in [0.2, 0.25) is 5.91 Å². The molecule has 35 heavy (non-hydrogen) atoms. The van der Waals surface area contributed by atoms with Gasteiger partial charge >= 0.3 is 0 Å². The molecule has 3 aliphatic rings. The number of benzene rings is 1. The van der Waals surface area contributed by atoms with Crippen molar-refractivity contribution in [2.75, 3.05) is 37.6 Å². The Hall–Kier alpha value is -2.22. The van der Waals surface area contributed by atoms with E-state index in [1.54, 1.807) is 6.33 Å². The first-order valence-electron chi connectivity index (χ1n) is 12.9. The molecule has 0 spiro atoms. The molecule has 0 saturated carbocycles. The molecule has 0 radical (unpaired) electrons. The van der Waals surface area contributed by atoms with Crippen LogP contribution in [0.4, 0.5) is 5.82 Å². The lowest BCUT2D eigenvalue weighted by molar-refractivity contribution is -0.134. The van der Waals surface area contributed by atoms with Gasteiger partial charge in [-0.3, -0.25) is 9.69 Å². The molecule has 188 valence electrons. The molecule has 1 aromatic heterocycles. The fraction of sp³-hybridized carbons (Fsp3) is 0.593. The molecular formula is C27H36ClN5O2. The molecule has 1 aromatic carbocycles. The number of carbonyl (C=O) groups is 1. The molecule has 7 nitrogen and oxygen atoms in total. The van der Waals surface area contributed by atoms with Gasteiger partial charge in [0.1, 0.15) is 12.1 Å². The molecule has 1 amide bonds. The number of amides is 1. The summed E-state index contributed by atoms with van der Waals surface area (Å²) in [4.78, 5) is 29.8. The van der Waals surface area contributed by atoms with Crippen molar-refractivity contribution in [1.29, 1.82) is 0 Å². The molecule has 2 aliphatic heterocycles. The summed E-state index contributed by atoms with van der Waals surface area (Å²) in [5, 5.41) is 11.1. The van der Waals surface area contributed by atoms with Crippen LogP contribution in [0.15, 0.2) is 30.6 Å². The van der Waals surface area contributed by atoms with E-state index < -0.39 is 6.10 Å². The lowest BCUT2D eigenvalue weighted by atomic mass is 9.87. The standard InChI is InChI=1S/C27H36ClN5O2/c1-17(2)33-10-4-5-21(33)24(19-6-8-20(28)9-7-19)27(35)32-13-11-31(12-14-32)26-23-18(3)15-22(34)25(23)29-16-30-26/h6-9,16-18,21-22,24,34H,4-5,10-15H2,1-3H3/t18?,21-,22+,24-/m0/s1. The van der Waals surface area contributed by atoms with Crippen LogP contribution < -0.4 is 4.90 Å². The number of likely N-dealkylation sites (tertiary alicyclic amines) is 1. The quantitative estimate of drug-likeness (QED) is 0.673. The molecule has 5 rings (SSSR count). The third-order valence-corrected chi connectivity index (χ3v) is 8.31. The largest absolute Gasteiger partial charge is 0.387 e. The maximum atomic E-state index is 14.1. The minimum absolute atomic E-state index is 0.192. The van der Waals surface area contributed by atoms with Gasteiger partial charge in [0.25, 0.3) is 0 Å². The van der Waals surface area contributed by atoms with E-state index in [1.165, 1.54) is 0 Å². The van der Waals surface area contributed by atoms with Crippen molar-refractivity contribution in [3.05, 3.63) is 52.4 Å². The number of hydrogen-bond donors (Lipinski definition) is 1. The van der Waals surface area contributed by atoms with Crippen LogP contribution in [-0.4, -0.2) is 75.6 Å². The highest BCUT2D eigenvalue weighted by atomic mass is 35.5. The maximum Gasteiger partial charge on any atom is 0.231 e. The van der Waals surface area contributed by atoms with Crippen LogP contribution in [0.3, 0.4) is 0 Å². The second-order valence-corrected chi connectivity index (χ2v) is 11.0. The summed E-state index contributed by atoms with van der Waals surface area (Å²) in [6.07, 6.45) is 3.89. The smallest absolute Gasteiger partial charge is 0.231 e. The maximum absolute atomic E-state index is 14.1. The normalized spacial score (nSPS) is 25.8. The van der Waals surface area contributed by atoms with Crippen molar-refractivity contribution in [2.24, 2.45) is 0 Å². The number of hydrogen-bond acceptors (Lipinski definition) is 6. The molecule has 0 bridgehead atoms.